The standard InChI is InChI=1S/C13H21NO/c1-14-13(11-7-4-8-15-11)12-9-5-2-3-6-10(9)12/h7,9-10,12-14H,2-6,8H2,1H3. The molecule has 2 nitrogen and oxygen atoms in total. The lowest BCUT2D eigenvalue weighted by atomic mass is 10.0. The lowest BCUT2D eigenvalue weighted by Gasteiger charge is -2.17. The Morgan fingerprint density at radius 1 is 1.33 bits per heavy atom. The summed E-state index contributed by atoms with van der Waals surface area (Å²) in [6.07, 6.45) is 9.21. The second-order valence-electron chi connectivity index (χ2n) is 5.20. The van der Waals surface area contributed by atoms with Crippen LogP contribution in [0.1, 0.15) is 32.1 Å². The van der Waals surface area contributed by atoms with Gasteiger partial charge in [-0.25, -0.2) is 0 Å². The highest BCUT2D eigenvalue weighted by molar-refractivity contribution is 5.17. The van der Waals surface area contributed by atoms with Gasteiger partial charge in [0.1, 0.15) is 5.76 Å². The molecular formula is C13H21NO. The van der Waals surface area contributed by atoms with Crippen molar-refractivity contribution in [3.63, 3.8) is 0 Å². The minimum absolute atomic E-state index is 0.514. The molecule has 2 saturated carbocycles. The quantitative estimate of drug-likeness (QED) is 0.767. The molecule has 1 heterocycles. The lowest BCUT2D eigenvalue weighted by molar-refractivity contribution is 0.207. The second-order valence-corrected chi connectivity index (χ2v) is 5.20. The van der Waals surface area contributed by atoms with Crippen molar-refractivity contribution >= 4 is 0 Å². The Morgan fingerprint density at radius 2 is 2.07 bits per heavy atom. The van der Waals surface area contributed by atoms with E-state index in [-0.39, 0.29) is 0 Å². The molecule has 1 aliphatic heterocycles. The first-order valence-corrected chi connectivity index (χ1v) is 6.42. The normalized spacial score (nSPS) is 40.3. The van der Waals surface area contributed by atoms with Gasteiger partial charge < -0.3 is 10.1 Å². The maximum absolute atomic E-state index is 5.71. The first-order chi connectivity index (χ1) is 7.42. The van der Waals surface area contributed by atoms with Crippen LogP contribution >= 0.6 is 0 Å². The molecule has 3 atom stereocenters. The average molecular weight is 207 g/mol. The minimum Gasteiger partial charge on any atom is -0.496 e. The SMILES string of the molecule is CNC(C1=CCCO1)C1C2CCCCC21. The Hall–Kier alpha value is -0.500. The largest absolute Gasteiger partial charge is 0.496 e. The summed E-state index contributed by atoms with van der Waals surface area (Å²) < 4.78 is 5.71. The maximum atomic E-state index is 5.71. The summed E-state index contributed by atoms with van der Waals surface area (Å²) >= 11 is 0. The van der Waals surface area contributed by atoms with Gasteiger partial charge in [0.05, 0.1) is 12.6 Å². The molecule has 0 spiro atoms. The van der Waals surface area contributed by atoms with Gasteiger partial charge in [0, 0.05) is 6.42 Å². The van der Waals surface area contributed by atoms with Crippen molar-refractivity contribution in [2.75, 3.05) is 13.7 Å². The minimum atomic E-state index is 0.514. The van der Waals surface area contributed by atoms with Crippen molar-refractivity contribution in [2.45, 2.75) is 38.1 Å². The van der Waals surface area contributed by atoms with Crippen LogP contribution in [0.4, 0.5) is 0 Å². The fourth-order valence-electron chi connectivity index (χ4n) is 3.72. The molecule has 2 aliphatic carbocycles. The van der Waals surface area contributed by atoms with Gasteiger partial charge in [-0.2, -0.15) is 0 Å². The van der Waals surface area contributed by atoms with Gasteiger partial charge in [0.25, 0.3) is 0 Å². The van der Waals surface area contributed by atoms with E-state index < -0.39 is 0 Å². The van der Waals surface area contributed by atoms with E-state index in [9.17, 15) is 0 Å². The Kier molecular flexibility index (Phi) is 2.47. The van der Waals surface area contributed by atoms with Crippen LogP contribution in [0.25, 0.3) is 0 Å². The van der Waals surface area contributed by atoms with Gasteiger partial charge in [-0.3, -0.25) is 0 Å². The van der Waals surface area contributed by atoms with Crippen LogP contribution in [0.3, 0.4) is 0 Å². The molecule has 3 aliphatic rings. The van der Waals surface area contributed by atoms with E-state index in [2.05, 4.69) is 18.4 Å². The molecule has 0 aromatic carbocycles. The van der Waals surface area contributed by atoms with E-state index in [0.29, 0.717) is 6.04 Å². The summed E-state index contributed by atoms with van der Waals surface area (Å²) in [5, 5.41) is 3.47. The predicted octanol–water partition coefficient (Wildman–Crippen LogP) is 2.31. The Labute approximate surface area is 92.1 Å². The smallest absolute Gasteiger partial charge is 0.109 e. The summed E-state index contributed by atoms with van der Waals surface area (Å²) in [4.78, 5) is 0. The van der Waals surface area contributed by atoms with Crippen LogP contribution in [0.5, 0.6) is 0 Å². The Morgan fingerprint density at radius 3 is 2.60 bits per heavy atom. The van der Waals surface area contributed by atoms with Crippen molar-refractivity contribution in [1.29, 1.82) is 0 Å². The van der Waals surface area contributed by atoms with E-state index in [1.54, 1.807) is 0 Å². The average Bonchev–Trinajstić information content (AvgIpc) is 2.74. The van der Waals surface area contributed by atoms with E-state index in [0.717, 1.165) is 30.8 Å². The van der Waals surface area contributed by atoms with E-state index in [1.807, 2.05) is 0 Å². The van der Waals surface area contributed by atoms with Crippen LogP contribution in [-0.4, -0.2) is 19.7 Å². The van der Waals surface area contributed by atoms with Gasteiger partial charge in [0.15, 0.2) is 0 Å². The van der Waals surface area contributed by atoms with Gasteiger partial charge >= 0.3 is 0 Å². The number of nitrogens with one attached hydrogen (secondary N) is 1. The molecule has 0 aromatic heterocycles. The summed E-state index contributed by atoms with van der Waals surface area (Å²) in [5.74, 6) is 4.11. The molecule has 0 amide bonds. The first-order valence-electron chi connectivity index (χ1n) is 6.42. The fourth-order valence-corrected chi connectivity index (χ4v) is 3.72. The second kappa shape index (κ2) is 3.82. The topological polar surface area (TPSA) is 21.3 Å². The predicted molar refractivity (Wildman–Crippen MR) is 60.4 cm³/mol. The number of hydrogen-bond acceptors (Lipinski definition) is 2. The van der Waals surface area contributed by atoms with Gasteiger partial charge in [0.2, 0.25) is 0 Å². The molecular weight excluding hydrogens is 186 g/mol. The van der Waals surface area contributed by atoms with E-state index in [4.69, 9.17) is 4.74 Å². The van der Waals surface area contributed by atoms with Crippen LogP contribution in [-0.2, 0) is 4.74 Å². The fraction of sp³-hybridized carbons (Fsp3) is 0.846. The summed E-state index contributed by atoms with van der Waals surface area (Å²) in [5.41, 5.74) is 0. The summed E-state index contributed by atoms with van der Waals surface area (Å²) in [6, 6.07) is 0.514. The highest BCUT2D eigenvalue weighted by Gasteiger charge is 2.55. The summed E-state index contributed by atoms with van der Waals surface area (Å²) in [7, 11) is 2.08. The van der Waals surface area contributed by atoms with Crippen molar-refractivity contribution in [3.8, 4) is 0 Å². The van der Waals surface area contributed by atoms with Gasteiger partial charge in [-0.15, -0.1) is 0 Å². The van der Waals surface area contributed by atoms with E-state index >= 15 is 0 Å². The lowest BCUT2D eigenvalue weighted by Crippen LogP contribution is -2.31. The van der Waals surface area contributed by atoms with Crippen LogP contribution in [0.2, 0.25) is 0 Å². The molecule has 0 radical (unpaired) electrons. The zero-order valence-electron chi connectivity index (χ0n) is 9.54. The van der Waals surface area contributed by atoms with Crippen LogP contribution < -0.4 is 5.32 Å². The number of rotatable bonds is 3. The molecule has 0 bridgehead atoms. The van der Waals surface area contributed by atoms with Gasteiger partial charge in [-0.05, 0) is 43.7 Å². The monoisotopic (exact) mass is 207 g/mol. The van der Waals surface area contributed by atoms with Crippen molar-refractivity contribution < 1.29 is 4.74 Å². The van der Waals surface area contributed by atoms with Gasteiger partial charge in [-0.1, -0.05) is 12.8 Å². The highest BCUT2D eigenvalue weighted by atomic mass is 16.5. The third kappa shape index (κ3) is 1.59. The molecule has 15 heavy (non-hydrogen) atoms. The Bertz CT molecular complexity index is 262. The number of hydrogen-bond donors (Lipinski definition) is 1. The third-order valence-corrected chi connectivity index (χ3v) is 4.46. The molecule has 0 saturated heterocycles. The van der Waals surface area contributed by atoms with Crippen molar-refractivity contribution in [1.82, 2.24) is 5.32 Å². The van der Waals surface area contributed by atoms with Crippen LogP contribution in [0, 0.1) is 17.8 Å². The van der Waals surface area contributed by atoms with E-state index in [1.165, 1.54) is 31.4 Å². The molecule has 2 heteroatoms. The number of fused-ring (bicyclic) bond motifs is 1. The summed E-state index contributed by atoms with van der Waals surface area (Å²) in [6.45, 7) is 0.898. The Balaban J connectivity index is 1.69. The molecule has 3 rings (SSSR count). The first kappa shape index (κ1) is 9.71. The molecule has 0 aromatic rings. The third-order valence-electron chi connectivity index (χ3n) is 4.46. The maximum Gasteiger partial charge on any atom is 0.109 e. The molecule has 84 valence electrons. The number of ether oxygens (including phenoxy) is 1. The van der Waals surface area contributed by atoms with Crippen molar-refractivity contribution in [2.24, 2.45) is 17.8 Å². The van der Waals surface area contributed by atoms with Crippen LogP contribution in [0.15, 0.2) is 11.8 Å². The highest BCUT2D eigenvalue weighted by Crippen LogP contribution is 2.58. The van der Waals surface area contributed by atoms with Crippen molar-refractivity contribution in [3.05, 3.63) is 11.8 Å². The molecule has 1 N–H and O–H groups in total. The zero-order chi connectivity index (χ0) is 10.3. The molecule has 3 unspecified atom stereocenters. The zero-order valence-corrected chi connectivity index (χ0v) is 9.54. The number of likely N-dealkylation sites (N-methyl/N-ethyl adjacent to an activating group) is 1. The molecule has 2 fully saturated rings.